The molecule has 5 aromatic rings. The molecule has 5 rings (SSSR count). The van der Waals surface area contributed by atoms with Crippen molar-refractivity contribution in [2.45, 2.75) is 6.92 Å². The highest BCUT2D eigenvalue weighted by Gasteiger charge is 2.17. The molecule has 0 unspecified atom stereocenters. The highest BCUT2D eigenvalue weighted by atomic mass is 32.1. The number of anilines is 1. The average molecular weight is 413 g/mol. The summed E-state index contributed by atoms with van der Waals surface area (Å²) in [5.41, 5.74) is 5.87. The molecule has 3 heterocycles. The van der Waals surface area contributed by atoms with Gasteiger partial charge in [-0.3, -0.25) is 9.36 Å². The molecular formula is C24H20N4OS. The number of hydrogen-bond acceptors (Lipinski definition) is 5. The Morgan fingerprint density at radius 1 is 1.00 bits per heavy atom. The van der Waals surface area contributed by atoms with E-state index in [1.165, 1.54) is 16.9 Å². The molecule has 30 heavy (non-hydrogen) atoms. The standard InChI is InChI=1S/C24H20N4OS/c1-15-7-4-5-10-18(15)16-8-6-9-17(13-16)28-14-26-21-20-19(27(2)3)11-12-25-23(20)30-22(21)24(28)29/h4-14H,1-3H3. The molecule has 0 aliphatic carbocycles. The van der Waals surface area contributed by atoms with E-state index in [4.69, 9.17) is 0 Å². The second kappa shape index (κ2) is 7.07. The number of thiophene rings is 1. The van der Waals surface area contributed by atoms with Gasteiger partial charge >= 0.3 is 0 Å². The van der Waals surface area contributed by atoms with E-state index in [0.717, 1.165) is 32.7 Å². The minimum atomic E-state index is -0.0744. The zero-order valence-corrected chi connectivity index (χ0v) is 17.8. The number of pyridine rings is 1. The third kappa shape index (κ3) is 2.88. The lowest BCUT2D eigenvalue weighted by atomic mass is 10.0. The molecule has 0 bridgehead atoms. The van der Waals surface area contributed by atoms with Gasteiger partial charge in [0.1, 0.15) is 15.9 Å². The molecule has 0 radical (unpaired) electrons. The quantitative estimate of drug-likeness (QED) is 0.417. The van der Waals surface area contributed by atoms with E-state index in [9.17, 15) is 4.79 Å². The van der Waals surface area contributed by atoms with Crippen LogP contribution in [0, 0.1) is 6.92 Å². The third-order valence-electron chi connectivity index (χ3n) is 5.32. The van der Waals surface area contributed by atoms with Crippen molar-refractivity contribution in [1.82, 2.24) is 14.5 Å². The molecule has 3 aromatic heterocycles. The number of rotatable bonds is 3. The molecule has 0 aliphatic heterocycles. The summed E-state index contributed by atoms with van der Waals surface area (Å²) in [7, 11) is 3.97. The Morgan fingerprint density at radius 2 is 1.83 bits per heavy atom. The van der Waals surface area contributed by atoms with Crippen LogP contribution in [-0.2, 0) is 0 Å². The summed E-state index contributed by atoms with van der Waals surface area (Å²) < 4.78 is 2.24. The number of nitrogens with zero attached hydrogens (tertiary/aromatic N) is 4. The predicted molar refractivity (Wildman–Crippen MR) is 125 cm³/mol. The molecule has 0 saturated carbocycles. The fourth-order valence-corrected chi connectivity index (χ4v) is 4.86. The normalized spacial score (nSPS) is 11.3. The van der Waals surface area contributed by atoms with Gasteiger partial charge in [-0.2, -0.15) is 0 Å². The van der Waals surface area contributed by atoms with Crippen LogP contribution in [0.5, 0.6) is 0 Å². The number of fused-ring (bicyclic) bond motifs is 3. The van der Waals surface area contributed by atoms with Crippen molar-refractivity contribution in [3.63, 3.8) is 0 Å². The minimum Gasteiger partial charge on any atom is -0.377 e. The van der Waals surface area contributed by atoms with Gasteiger partial charge in [-0.25, -0.2) is 9.97 Å². The summed E-state index contributed by atoms with van der Waals surface area (Å²) in [6.45, 7) is 2.09. The van der Waals surface area contributed by atoms with Crippen LogP contribution in [0.2, 0.25) is 0 Å². The van der Waals surface area contributed by atoms with E-state index in [-0.39, 0.29) is 5.56 Å². The molecule has 2 aromatic carbocycles. The Hall–Kier alpha value is -3.51. The van der Waals surface area contributed by atoms with E-state index < -0.39 is 0 Å². The zero-order chi connectivity index (χ0) is 20.8. The first-order valence-electron chi connectivity index (χ1n) is 9.67. The van der Waals surface area contributed by atoms with E-state index >= 15 is 0 Å². The molecule has 0 saturated heterocycles. The van der Waals surface area contributed by atoms with Gasteiger partial charge in [0.2, 0.25) is 0 Å². The molecular weight excluding hydrogens is 392 g/mol. The monoisotopic (exact) mass is 412 g/mol. The van der Waals surface area contributed by atoms with Crippen molar-refractivity contribution in [3.8, 4) is 16.8 Å². The van der Waals surface area contributed by atoms with Crippen LogP contribution in [0.4, 0.5) is 5.69 Å². The second-order valence-corrected chi connectivity index (χ2v) is 8.47. The molecule has 6 heteroatoms. The first kappa shape index (κ1) is 18.5. The fraction of sp³-hybridized carbons (Fsp3) is 0.125. The van der Waals surface area contributed by atoms with Crippen molar-refractivity contribution in [3.05, 3.63) is 83.0 Å². The predicted octanol–water partition coefficient (Wildman–Crippen LogP) is 5.04. The first-order valence-corrected chi connectivity index (χ1v) is 10.5. The van der Waals surface area contributed by atoms with Gasteiger partial charge in [0.05, 0.1) is 22.3 Å². The van der Waals surface area contributed by atoms with Crippen molar-refractivity contribution in [2.75, 3.05) is 19.0 Å². The average Bonchev–Trinajstić information content (AvgIpc) is 3.14. The molecule has 148 valence electrons. The Morgan fingerprint density at radius 3 is 2.63 bits per heavy atom. The maximum atomic E-state index is 13.4. The van der Waals surface area contributed by atoms with E-state index in [2.05, 4.69) is 35.1 Å². The summed E-state index contributed by atoms with van der Waals surface area (Å²) in [4.78, 5) is 25.4. The fourth-order valence-electron chi connectivity index (χ4n) is 3.81. The van der Waals surface area contributed by atoms with Crippen LogP contribution in [0.1, 0.15) is 5.56 Å². The van der Waals surface area contributed by atoms with Crippen LogP contribution in [0.15, 0.2) is 71.9 Å². The summed E-state index contributed by atoms with van der Waals surface area (Å²) in [6, 6.07) is 18.2. The van der Waals surface area contributed by atoms with Crippen molar-refractivity contribution >= 4 is 37.5 Å². The summed E-state index contributed by atoms with van der Waals surface area (Å²) in [5, 5.41) is 0.931. The third-order valence-corrected chi connectivity index (χ3v) is 6.40. The van der Waals surface area contributed by atoms with Crippen LogP contribution in [0.3, 0.4) is 0 Å². The maximum Gasteiger partial charge on any atom is 0.275 e. The molecule has 0 atom stereocenters. The summed E-state index contributed by atoms with van der Waals surface area (Å²) in [5.74, 6) is 0. The van der Waals surface area contributed by atoms with Crippen LogP contribution in [-0.4, -0.2) is 28.6 Å². The first-order chi connectivity index (χ1) is 14.5. The molecule has 0 aliphatic rings. The Labute approximate surface area is 177 Å². The Bertz CT molecular complexity index is 1470. The van der Waals surface area contributed by atoms with Gasteiger partial charge in [-0.1, -0.05) is 36.4 Å². The van der Waals surface area contributed by atoms with E-state index in [1.54, 1.807) is 17.1 Å². The summed E-state index contributed by atoms with van der Waals surface area (Å²) in [6.07, 6.45) is 3.40. The van der Waals surface area contributed by atoms with Crippen LogP contribution in [0.25, 0.3) is 37.2 Å². The lowest BCUT2D eigenvalue weighted by Crippen LogP contribution is -2.17. The van der Waals surface area contributed by atoms with Crippen molar-refractivity contribution in [1.29, 1.82) is 0 Å². The van der Waals surface area contributed by atoms with Gasteiger partial charge in [0, 0.05) is 20.3 Å². The summed E-state index contributed by atoms with van der Waals surface area (Å²) >= 11 is 1.40. The lowest BCUT2D eigenvalue weighted by molar-refractivity contribution is 0.968. The van der Waals surface area contributed by atoms with Gasteiger partial charge in [-0.15, -0.1) is 11.3 Å². The van der Waals surface area contributed by atoms with Crippen molar-refractivity contribution < 1.29 is 0 Å². The second-order valence-electron chi connectivity index (χ2n) is 7.47. The topological polar surface area (TPSA) is 51.0 Å². The molecule has 0 amide bonds. The highest BCUT2D eigenvalue weighted by Crippen LogP contribution is 2.35. The Kier molecular flexibility index (Phi) is 4.37. The molecule has 5 nitrogen and oxygen atoms in total. The smallest absolute Gasteiger partial charge is 0.275 e. The molecule has 0 fully saturated rings. The van der Waals surface area contributed by atoms with Crippen LogP contribution >= 0.6 is 11.3 Å². The molecule has 0 N–H and O–H groups in total. The molecule has 0 spiro atoms. The lowest BCUT2D eigenvalue weighted by Gasteiger charge is -2.13. The Balaban J connectivity index is 1.72. The highest BCUT2D eigenvalue weighted by molar-refractivity contribution is 7.25. The van der Waals surface area contributed by atoms with Crippen LogP contribution < -0.4 is 10.5 Å². The minimum absolute atomic E-state index is 0.0744. The number of benzene rings is 2. The number of aromatic nitrogens is 3. The number of hydrogen-bond donors (Lipinski definition) is 0. The van der Waals surface area contributed by atoms with Gasteiger partial charge in [0.15, 0.2) is 0 Å². The van der Waals surface area contributed by atoms with Crippen molar-refractivity contribution in [2.24, 2.45) is 0 Å². The van der Waals surface area contributed by atoms with E-state index in [0.29, 0.717) is 10.2 Å². The van der Waals surface area contributed by atoms with Gasteiger partial charge < -0.3 is 4.90 Å². The zero-order valence-electron chi connectivity index (χ0n) is 17.0. The van der Waals surface area contributed by atoms with Gasteiger partial charge in [-0.05, 0) is 41.8 Å². The van der Waals surface area contributed by atoms with E-state index in [1.807, 2.05) is 55.4 Å². The SMILES string of the molecule is Cc1ccccc1-c1cccc(-n2cnc3c(sc4nccc(N(C)C)c43)c2=O)c1. The number of aryl methyl sites for hydroxylation is 1. The van der Waals surface area contributed by atoms with Gasteiger partial charge in [0.25, 0.3) is 5.56 Å². The maximum absolute atomic E-state index is 13.4. The largest absolute Gasteiger partial charge is 0.377 e.